The van der Waals surface area contributed by atoms with Crippen molar-refractivity contribution in [1.82, 2.24) is 0 Å². The van der Waals surface area contributed by atoms with Crippen molar-refractivity contribution in [3.63, 3.8) is 0 Å². The van der Waals surface area contributed by atoms with Crippen LogP contribution in [0.3, 0.4) is 0 Å². The Morgan fingerprint density at radius 3 is 2.42 bits per heavy atom. The van der Waals surface area contributed by atoms with E-state index in [4.69, 9.17) is 4.74 Å². The lowest BCUT2D eigenvalue weighted by atomic mass is 10.1. The fourth-order valence-electron chi connectivity index (χ4n) is 3.31. The maximum Gasteiger partial charge on any atom is 0.229 e. The fourth-order valence-corrected chi connectivity index (χ4v) is 3.31. The molecule has 1 saturated heterocycles. The summed E-state index contributed by atoms with van der Waals surface area (Å²) < 4.78 is 5.43. The molecular formula is C21H24N2O3. The largest absolute Gasteiger partial charge is 0.494 e. The van der Waals surface area contributed by atoms with Gasteiger partial charge in [-0.15, -0.1) is 0 Å². The number of carbonyl (C=O) groups excluding carboxylic acids is 2. The number of nitrogens with one attached hydrogen (secondary N) is 1. The van der Waals surface area contributed by atoms with E-state index in [-0.39, 0.29) is 24.2 Å². The molecule has 5 heteroatoms. The number of aryl methyl sites for hydroxylation is 2. The Morgan fingerprint density at radius 2 is 1.81 bits per heavy atom. The van der Waals surface area contributed by atoms with Crippen LogP contribution in [0.25, 0.3) is 0 Å². The molecule has 0 saturated carbocycles. The Kier molecular flexibility index (Phi) is 5.26. The molecule has 0 aromatic heterocycles. The number of amides is 2. The monoisotopic (exact) mass is 352 g/mol. The molecule has 1 atom stereocenters. The van der Waals surface area contributed by atoms with Crippen LogP contribution < -0.4 is 15.0 Å². The minimum atomic E-state index is -0.352. The van der Waals surface area contributed by atoms with E-state index in [1.165, 1.54) is 0 Å². The third kappa shape index (κ3) is 4.04. The van der Waals surface area contributed by atoms with Gasteiger partial charge in [-0.25, -0.2) is 0 Å². The molecule has 1 aliphatic heterocycles. The number of hydrogen-bond donors (Lipinski definition) is 1. The highest BCUT2D eigenvalue weighted by molar-refractivity contribution is 6.03. The van der Waals surface area contributed by atoms with Crippen LogP contribution in [-0.2, 0) is 9.59 Å². The summed E-state index contributed by atoms with van der Waals surface area (Å²) in [7, 11) is 0. The Bertz CT molecular complexity index is 794. The quantitative estimate of drug-likeness (QED) is 0.893. The Morgan fingerprint density at radius 1 is 1.15 bits per heavy atom. The van der Waals surface area contributed by atoms with Crippen molar-refractivity contribution < 1.29 is 14.3 Å². The first-order valence-corrected chi connectivity index (χ1v) is 8.88. The molecule has 1 heterocycles. The first-order chi connectivity index (χ1) is 12.5. The number of nitrogens with zero attached hydrogens (tertiary/aromatic N) is 1. The number of ether oxygens (including phenoxy) is 1. The van der Waals surface area contributed by atoms with Crippen molar-refractivity contribution in [2.75, 3.05) is 23.4 Å². The van der Waals surface area contributed by atoms with Gasteiger partial charge in [0.1, 0.15) is 5.75 Å². The highest BCUT2D eigenvalue weighted by Crippen LogP contribution is 2.28. The van der Waals surface area contributed by atoms with Crippen molar-refractivity contribution >= 4 is 23.2 Å². The summed E-state index contributed by atoms with van der Waals surface area (Å²) in [6, 6.07) is 13.3. The van der Waals surface area contributed by atoms with E-state index in [0.717, 1.165) is 28.3 Å². The standard InChI is InChI=1S/C21H24N2O3/c1-4-26-19-7-5-18(6-8-19)23-13-16(12-20(23)24)21(25)22-17-10-14(2)9-15(3)11-17/h5-11,16H,4,12-13H2,1-3H3,(H,22,25)/t16-/m0/s1. The highest BCUT2D eigenvalue weighted by Gasteiger charge is 2.35. The van der Waals surface area contributed by atoms with Crippen molar-refractivity contribution in [2.24, 2.45) is 5.92 Å². The number of hydrogen-bond acceptors (Lipinski definition) is 3. The maximum atomic E-state index is 12.6. The number of anilines is 2. The van der Waals surface area contributed by atoms with Gasteiger partial charge < -0.3 is 15.0 Å². The minimum absolute atomic E-state index is 0.0327. The van der Waals surface area contributed by atoms with E-state index < -0.39 is 0 Å². The van der Waals surface area contributed by atoms with Gasteiger partial charge in [-0.05, 0) is 68.3 Å². The average Bonchev–Trinajstić information content (AvgIpc) is 2.97. The highest BCUT2D eigenvalue weighted by atomic mass is 16.5. The number of benzene rings is 2. The zero-order valence-corrected chi connectivity index (χ0v) is 15.4. The van der Waals surface area contributed by atoms with E-state index in [1.54, 1.807) is 4.90 Å². The second-order valence-corrected chi connectivity index (χ2v) is 6.70. The van der Waals surface area contributed by atoms with Crippen LogP contribution in [-0.4, -0.2) is 25.0 Å². The average molecular weight is 352 g/mol. The molecule has 3 rings (SSSR count). The van der Waals surface area contributed by atoms with E-state index in [2.05, 4.69) is 11.4 Å². The third-order valence-electron chi connectivity index (χ3n) is 4.44. The first-order valence-electron chi connectivity index (χ1n) is 8.88. The lowest BCUT2D eigenvalue weighted by Gasteiger charge is -2.17. The minimum Gasteiger partial charge on any atom is -0.494 e. The van der Waals surface area contributed by atoms with Crippen LogP contribution in [0.15, 0.2) is 42.5 Å². The van der Waals surface area contributed by atoms with Crippen molar-refractivity contribution in [1.29, 1.82) is 0 Å². The smallest absolute Gasteiger partial charge is 0.229 e. The zero-order chi connectivity index (χ0) is 18.7. The zero-order valence-electron chi connectivity index (χ0n) is 15.4. The molecule has 2 amide bonds. The summed E-state index contributed by atoms with van der Waals surface area (Å²) in [6.07, 6.45) is 0.226. The molecule has 0 radical (unpaired) electrons. The Labute approximate surface area is 154 Å². The summed E-state index contributed by atoms with van der Waals surface area (Å²) in [4.78, 5) is 26.6. The summed E-state index contributed by atoms with van der Waals surface area (Å²) in [6.45, 7) is 6.91. The van der Waals surface area contributed by atoms with Gasteiger partial charge in [-0.1, -0.05) is 6.07 Å². The van der Waals surface area contributed by atoms with E-state index in [9.17, 15) is 9.59 Å². The van der Waals surface area contributed by atoms with Gasteiger partial charge in [0, 0.05) is 24.3 Å². The summed E-state index contributed by atoms with van der Waals surface area (Å²) in [5.74, 6) is 0.272. The van der Waals surface area contributed by atoms with Crippen molar-refractivity contribution in [2.45, 2.75) is 27.2 Å². The fraction of sp³-hybridized carbons (Fsp3) is 0.333. The molecule has 5 nitrogen and oxygen atoms in total. The Balaban J connectivity index is 1.67. The molecule has 2 aromatic carbocycles. The van der Waals surface area contributed by atoms with Crippen LogP contribution in [0.1, 0.15) is 24.5 Å². The van der Waals surface area contributed by atoms with Crippen LogP contribution in [0.5, 0.6) is 5.75 Å². The van der Waals surface area contributed by atoms with Gasteiger partial charge in [0.05, 0.1) is 12.5 Å². The third-order valence-corrected chi connectivity index (χ3v) is 4.44. The van der Waals surface area contributed by atoms with Crippen molar-refractivity contribution in [3.05, 3.63) is 53.6 Å². The van der Waals surface area contributed by atoms with Gasteiger partial charge in [-0.2, -0.15) is 0 Å². The van der Waals surface area contributed by atoms with Crippen LogP contribution in [0.4, 0.5) is 11.4 Å². The lowest BCUT2D eigenvalue weighted by Crippen LogP contribution is -2.28. The topological polar surface area (TPSA) is 58.6 Å². The van der Waals surface area contributed by atoms with E-state index >= 15 is 0 Å². The summed E-state index contributed by atoms with van der Waals surface area (Å²) >= 11 is 0. The second-order valence-electron chi connectivity index (χ2n) is 6.70. The molecule has 0 bridgehead atoms. The van der Waals surface area contributed by atoms with Crippen LogP contribution in [0.2, 0.25) is 0 Å². The molecule has 0 spiro atoms. The number of rotatable bonds is 5. The van der Waals surface area contributed by atoms with Crippen LogP contribution in [0, 0.1) is 19.8 Å². The molecule has 26 heavy (non-hydrogen) atoms. The molecule has 0 unspecified atom stereocenters. The van der Waals surface area contributed by atoms with E-state index in [0.29, 0.717) is 13.2 Å². The first kappa shape index (κ1) is 18.0. The number of carbonyl (C=O) groups is 2. The van der Waals surface area contributed by atoms with E-state index in [1.807, 2.05) is 57.2 Å². The molecule has 0 aliphatic carbocycles. The molecule has 1 aliphatic rings. The van der Waals surface area contributed by atoms with Gasteiger partial charge in [0.25, 0.3) is 0 Å². The Hall–Kier alpha value is -2.82. The van der Waals surface area contributed by atoms with Gasteiger partial charge in [0.2, 0.25) is 11.8 Å². The predicted molar refractivity (Wildman–Crippen MR) is 103 cm³/mol. The summed E-state index contributed by atoms with van der Waals surface area (Å²) in [5, 5.41) is 2.95. The van der Waals surface area contributed by atoms with Crippen molar-refractivity contribution in [3.8, 4) is 5.75 Å². The normalized spacial score (nSPS) is 16.7. The van der Waals surface area contributed by atoms with Crippen LogP contribution >= 0.6 is 0 Å². The van der Waals surface area contributed by atoms with Gasteiger partial charge in [0.15, 0.2) is 0 Å². The SMILES string of the molecule is CCOc1ccc(N2C[C@@H](C(=O)Nc3cc(C)cc(C)c3)CC2=O)cc1. The summed E-state index contributed by atoms with van der Waals surface area (Å²) in [5.41, 5.74) is 3.76. The molecule has 1 N–H and O–H groups in total. The predicted octanol–water partition coefficient (Wildman–Crippen LogP) is 3.69. The lowest BCUT2D eigenvalue weighted by molar-refractivity contribution is -0.122. The molecular weight excluding hydrogens is 328 g/mol. The second kappa shape index (κ2) is 7.60. The molecule has 2 aromatic rings. The molecule has 136 valence electrons. The maximum absolute atomic E-state index is 12.6. The van der Waals surface area contributed by atoms with Gasteiger partial charge in [-0.3, -0.25) is 9.59 Å². The van der Waals surface area contributed by atoms with Gasteiger partial charge >= 0.3 is 0 Å². The molecule has 1 fully saturated rings.